The van der Waals surface area contributed by atoms with E-state index in [9.17, 15) is 8.78 Å². The molecule has 2 rings (SSSR count). The van der Waals surface area contributed by atoms with Crippen molar-refractivity contribution in [2.24, 2.45) is 0 Å². The van der Waals surface area contributed by atoms with Gasteiger partial charge >= 0.3 is 0 Å². The lowest BCUT2D eigenvalue weighted by molar-refractivity contribution is 0.00299. The van der Waals surface area contributed by atoms with Crippen LogP contribution in [0.2, 0.25) is 0 Å². The molecule has 0 aromatic heterocycles. The number of halogens is 2. The van der Waals surface area contributed by atoms with E-state index in [4.69, 9.17) is 4.74 Å². The third-order valence-electron chi connectivity index (χ3n) is 2.95. The second-order valence-corrected chi connectivity index (χ2v) is 5.36. The molecule has 0 radical (unpaired) electrons. The maximum atomic E-state index is 12.1. The lowest BCUT2D eigenvalue weighted by atomic mass is 9.89. The average Bonchev–Trinajstić information content (AvgIpc) is 2.28. The largest absolute Gasteiger partial charge is 0.382 e. The van der Waals surface area contributed by atoms with Gasteiger partial charge in [-0.05, 0) is 44.0 Å². The molecule has 0 amide bonds. The molecule has 0 atom stereocenters. The molecule has 1 aliphatic carbocycles. The summed E-state index contributed by atoms with van der Waals surface area (Å²) in [7, 11) is 0. The third kappa shape index (κ3) is 3.85. The van der Waals surface area contributed by atoms with Crippen LogP contribution in [0.4, 0.5) is 14.5 Å². The maximum Gasteiger partial charge on any atom is 0.288 e. The van der Waals surface area contributed by atoms with E-state index in [1.165, 1.54) is 0 Å². The van der Waals surface area contributed by atoms with Crippen LogP contribution in [0.1, 0.15) is 19.8 Å². The summed E-state index contributed by atoms with van der Waals surface area (Å²) in [5, 5.41) is 3.37. The zero-order valence-electron chi connectivity index (χ0n) is 10.2. The Morgan fingerprint density at radius 1 is 1.33 bits per heavy atom. The zero-order valence-corrected chi connectivity index (χ0v) is 11.1. The van der Waals surface area contributed by atoms with Crippen molar-refractivity contribution in [3.05, 3.63) is 24.3 Å². The summed E-state index contributed by atoms with van der Waals surface area (Å²) >= 11 is 0.572. The molecule has 0 unspecified atom stereocenters. The normalized spacial score (nSPS) is 22.9. The number of alkyl halides is 2. The first-order chi connectivity index (χ1) is 8.67. The number of hydrogen-bond acceptors (Lipinski definition) is 3. The van der Waals surface area contributed by atoms with E-state index < -0.39 is 5.76 Å². The third-order valence-corrected chi connectivity index (χ3v) is 3.67. The number of benzene rings is 1. The van der Waals surface area contributed by atoms with Crippen LogP contribution in [0, 0.1) is 0 Å². The summed E-state index contributed by atoms with van der Waals surface area (Å²) in [4.78, 5) is 0.594. The summed E-state index contributed by atoms with van der Waals surface area (Å²) < 4.78 is 29.8. The van der Waals surface area contributed by atoms with Crippen molar-refractivity contribution in [3.63, 3.8) is 0 Å². The highest BCUT2D eigenvalue weighted by molar-refractivity contribution is 7.99. The predicted octanol–water partition coefficient (Wildman–Crippen LogP) is 3.98. The standard InChI is InChI=1S/C13H17F2NOS/c1-2-17-11-7-10(8-11)16-9-3-5-12(6-4-9)18-13(14)15/h3-6,10-11,13,16H,2,7-8H2,1H3. The smallest absolute Gasteiger partial charge is 0.288 e. The number of hydrogen-bond donors (Lipinski definition) is 1. The van der Waals surface area contributed by atoms with Gasteiger partial charge < -0.3 is 10.1 Å². The molecule has 1 aliphatic rings. The highest BCUT2D eigenvalue weighted by Crippen LogP contribution is 2.29. The molecule has 0 spiro atoms. The van der Waals surface area contributed by atoms with E-state index in [-0.39, 0.29) is 0 Å². The number of thioether (sulfide) groups is 1. The fraction of sp³-hybridized carbons (Fsp3) is 0.538. The van der Waals surface area contributed by atoms with Crippen molar-refractivity contribution in [1.29, 1.82) is 0 Å². The fourth-order valence-electron chi connectivity index (χ4n) is 2.02. The maximum absolute atomic E-state index is 12.1. The van der Waals surface area contributed by atoms with Crippen LogP contribution in [0.15, 0.2) is 29.2 Å². The molecule has 5 heteroatoms. The zero-order chi connectivity index (χ0) is 13.0. The Balaban J connectivity index is 1.77. The van der Waals surface area contributed by atoms with Crippen molar-refractivity contribution in [3.8, 4) is 0 Å². The van der Waals surface area contributed by atoms with Crippen molar-refractivity contribution < 1.29 is 13.5 Å². The molecule has 1 fully saturated rings. The monoisotopic (exact) mass is 273 g/mol. The van der Waals surface area contributed by atoms with Crippen LogP contribution < -0.4 is 5.32 Å². The first-order valence-corrected chi connectivity index (χ1v) is 6.98. The molecular formula is C13H17F2NOS. The molecule has 100 valence electrons. The van der Waals surface area contributed by atoms with Crippen molar-refractivity contribution in [1.82, 2.24) is 0 Å². The van der Waals surface area contributed by atoms with Gasteiger partial charge in [0.1, 0.15) is 0 Å². The molecule has 1 aromatic carbocycles. The molecule has 1 saturated carbocycles. The van der Waals surface area contributed by atoms with Crippen molar-refractivity contribution >= 4 is 17.4 Å². The average molecular weight is 273 g/mol. The van der Waals surface area contributed by atoms with E-state index in [1.807, 2.05) is 19.1 Å². The van der Waals surface area contributed by atoms with E-state index in [0.717, 1.165) is 25.1 Å². The number of rotatable bonds is 6. The predicted molar refractivity (Wildman–Crippen MR) is 70.4 cm³/mol. The highest BCUT2D eigenvalue weighted by Gasteiger charge is 2.29. The topological polar surface area (TPSA) is 21.3 Å². The molecule has 2 nitrogen and oxygen atoms in total. The van der Waals surface area contributed by atoms with Gasteiger partial charge in [-0.2, -0.15) is 8.78 Å². The summed E-state index contributed by atoms with van der Waals surface area (Å²) in [6.07, 6.45) is 2.41. The second kappa shape index (κ2) is 6.38. The van der Waals surface area contributed by atoms with Gasteiger partial charge in [0.05, 0.1) is 6.10 Å². The lowest BCUT2D eigenvalue weighted by Gasteiger charge is -2.36. The molecular weight excluding hydrogens is 256 g/mol. The van der Waals surface area contributed by atoms with Crippen LogP contribution >= 0.6 is 11.8 Å². The highest BCUT2D eigenvalue weighted by atomic mass is 32.2. The quantitative estimate of drug-likeness (QED) is 0.792. The minimum Gasteiger partial charge on any atom is -0.382 e. The SMILES string of the molecule is CCOC1CC(Nc2ccc(SC(F)F)cc2)C1. The molecule has 1 aromatic rings. The van der Waals surface area contributed by atoms with Crippen LogP contribution in [0.5, 0.6) is 0 Å². The van der Waals surface area contributed by atoms with Gasteiger partial charge in [0.25, 0.3) is 5.76 Å². The Morgan fingerprint density at radius 3 is 2.56 bits per heavy atom. The van der Waals surface area contributed by atoms with Gasteiger partial charge in [0, 0.05) is 23.2 Å². The summed E-state index contributed by atoms with van der Waals surface area (Å²) in [5.41, 5.74) is 0.980. The van der Waals surface area contributed by atoms with Crippen LogP contribution in [0.3, 0.4) is 0 Å². The molecule has 0 saturated heterocycles. The van der Waals surface area contributed by atoms with Gasteiger partial charge in [0.15, 0.2) is 0 Å². The molecule has 1 N–H and O–H groups in total. The van der Waals surface area contributed by atoms with Gasteiger partial charge in [-0.3, -0.25) is 0 Å². The Labute approximate surface area is 110 Å². The molecule has 0 bridgehead atoms. The van der Waals surface area contributed by atoms with Crippen molar-refractivity contribution in [2.75, 3.05) is 11.9 Å². The van der Waals surface area contributed by atoms with Crippen molar-refractivity contribution in [2.45, 2.75) is 42.6 Å². The van der Waals surface area contributed by atoms with Crippen LogP contribution in [-0.4, -0.2) is 24.5 Å². The minimum absolute atomic E-state index is 0.376. The molecule has 0 aliphatic heterocycles. The van der Waals surface area contributed by atoms with Crippen LogP contribution in [0.25, 0.3) is 0 Å². The summed E-state index contributed by atoms with van der Waals surface area (Å²) in [6, 6.07) is 7.57. The number of ether oxygens (including phenoxy) is 1. The van der Waals surface area contributed by atoms with E-state index in [2.05, 4.69) is 5.32 Å². The summed E-state index contributed by atoms with van der Waals surface area (Å²) in [6.45, 7) is 2.76. The molecule has 18 heavy (non-hydrogen) atoms. The Hall–Kier alpha value is -0.810. The lowest BCUT2D eigenvalue weighted by Crippen LogP contribution is -2.40. The first kappa shape index (κ1) is 13.6. The van der Waals surface area contributed by atoms with E-state index in [0.29, 0.717) is 28.8 Å². The Kier molecular flexibility index (Phi) is 4.83. The molecule has 0 heterocycles. The Morgan fingerprint density at radius 2 is 2.00 bits per heavy atom. The minimum atomic E-state index is -2.36. The fourth-order valence-corrected chi connectivity index (χ4v) is 2.52. The van der Waals surface area contributed by atoms with Gasteiger partial charge in [-0.25, -0.2) is 0 Å². The van der Waals surface area contributed by atoms with Gasteiger partial charge in [-0.15, -0.1) is 0 Å². The summed E-state index contributed by atoms with van der Waals surface area (Å²) in [5.74, 6) is -2.36. The second-order valence-electron chi connectivity index (χ2n) is 4.29. The van der Waals surface area contributed by atoms with E-state index in [1.54, 1.807) is 12.1 Å². The Bertz CT molecular complexity index is 366. The number of anilines is 1. The van der Waals surface area contributed by atoms with Crippen LogP contribution in [-0.2, 0) is 4.74 Å². The van der Waals surface area contributed by atoms with E-state index >= 15 is 0 Å². The van der Waals surface area contributed by atoms with Gasteiger partial charge in [-0.1, -0.05) is 11.8 Å². The van der Waals surface area contributed by atoms with Gasteiger partial charge in [0.2, 0.25) is 0 Å². The number of nitrogens with one attached hydrogen (secondary N) is 1. The first-order valence-electron chi connectivity index (χ1n) is 6.10.